The quantitative estimate of drug-likeness (QED) is 0.206. The zero-order chi connectivity index (χ0) is 30.0. The molecule has 3 N–H and O–H groups in total. The van der Waals surface area contributed by atoms with Gasteiger partial charge in [0, 0.05) is 31.2 Å². The van der Waals surface area contributed by atoms with E-state index in [0.717, 1.165) is 12.0 Å². The van der Waals surface area contributed by atoms with Gasteiger partial charge in [0.25, 0.3) is 11.8 Å². The Morgan fingerprint density at radius 3 is 2.53 bits per heavy atom. The van der Waals surface area contributed by atoms with Crippen LogP contribution in [0.2, 0.25) is 0 Å². The smallest absolute Gasteiger partial charge is 0.261 e. The summed E-state index contributed by atoms with van der Waals surface area (Å²) in [7, 11) is 0. The Morgan fingerprint density at radius 1 is 1.00 bits per heavy atom. The molecule has 0 saturated carbocycles. The first-order chi connectivity index (χ1) is 20.9. The highest BCUT2D eigenvalue weighted by molar-refractivity contribution is 5.99. The minimum absolute atomic E-state index is 0.0667. The highest BCUT2D eigenvalue weighted by atomic mass is 16.5. The molecule has 1 aliphatic heterocycles. The zero-order valence-corrected chi connectivity index (χ0v) is 24.0. The monoisotopic (exact) mass is 577 g/mol. The van der Waals surface area contributed by atoms with Crippen molar-refractivity contribution in [3.05, 3.63) is 90.0 Å². The first-order valence-corrected chi connectivity index (χ1v) is 14.0. The lowest BCUT2D eigenvalue weighted by Gasteiger charge is -2.31. The van der Waals surface area contributed by atoms with Crippen LogP contribution in [0.5, 0.6) is 0 Å². The molecule has 5 aromatic rings. The van der Waals surface area contributed by atoms with E-state index in [1.54, 1.807) is 30.7 Å². The van der Waals surface area contributed by atoms with Crippen LogP contribution >= 0.6 is 0 Å². The van der Waals surface area contributed by atoms with Gasteiger partial charge in [-0.05, 0) is 38.0 Å². The molecule has 0 aliphatic carbocycles. The number of hydrogen-bond acceptors (Lipinski definition) is 11. The van der Waals surface area contributed by atoms with Crippen LogP contribution in [0.25, 0.3) is 23.0 Å². The first kappa shape index (κ1) is 27.9. The van der Waals surface area contributed by atoms with Gasteiger partial charge in [-0.3, -0.25) is 9.78 Å². The van der Waals surface area contributed by atoms with Crippen LogP contribution in [0.4, 0.5) is 17.5 Å². The lowest BCUT2D eigenvalue weighted by molar-refractivity contribution is 0.0615. The number of carbonyl (C=O) groups excluding carboxylic acids is 1. The standard InChI is InChI=1S/C31H31N9O3/c1-4-14-40-29(42)21-17-34-30(37-26(21)31(40,2)3)36-25-15-23(35-24(18-41)19-10-6-5-7-11-19)20(16-33-25)28-38-27(39-43-28)22-12-8-9-13-32-22/h5-13,15-17,24,41H,4,14,18H2,1-3H3,(H2,33,34,35,36,37)/t24-/m1/s1. The van der Waals surface area contributed by atoms with Crippen molar-refractivity contribution >= 4 is 23.4 Å². The largest absolute Gasteiger partial charge is 0.394 e. The van der Waals surface area contributed by atoms with Crippen LogP contribution in [0.15, 0.2) is 77.7 Å². The van der Waals surface area contributed by atoms with Gasteiger partial charge in [0.2, 0.25) is 11.8 Å². The average Bonchev–Trinajstić information content (AvgIpc) is 3.59. The van der Waals surface area contributed by atoms with E-state index in [0.29, 0.717) is 52.3 Å². The Morgan fingerprint density at radius 2 is 1.79 bits per heavy atom. The second kappa shape index (κ2) is 11.6. The van der Waals surface area contributed by atoms with Crippen molar-refractivity contribution in [1.29, 1.82) is 0 Å². The van der Waals surface area contributed by atoms with Gasteiger partial charge in [0.15, 0.2) is 0 Å². The van der Waals surface area contributed by atoms with Gasteiger partial charge in [0.1, 0.15) is 11.5 Å². The Balaban J connectivity index is 1.35. The van der Waals surface area contributed by atoms with E-state index < -0.39 is 11.6 Å². The molecule has 0 spiro atoms. The van der Waals surface area contributed by atoms with Crippen molar-refractivity contribution in [3.63, 3.8) is 0 Å². The summed E-state index contributed by atoms with van der Waals surface area (Å²) in [6, 6.07) is 16.4. The van der Waals surface area contributed by atoms with Crippen molar-refractivity contribution in [2.75, 3.05) is 23.8 Å². The Hall–Kier alpha value is -5.23. The van der Waals surface area contributed by atoms with Gasteiger partial charge in [0.05, 0.1) is 40.7 Å². The third-order valence-electron chi connectivity index (χ3n) is 7.37. The van der Waals surface area contributed by atoms with E-state index in [4.69, 9.17) is 9.51 Å². The summed E-state index contributed by atoms with van der Waals surface area (Å²) >= 11 is 0. The van der Waals surface area contributed by atoms with E-state index in [1.807, 2.05) is 68.1 Å². The van der Waals surface area contributed by atoms with Crippen molar-refractivity contribution < 1.29 is 14.4 Å². The number of pyridine rings is 2. The summed E-state index contributed by atoms with van der Waals surface area (Å²) in [5.74, 6) is 1.25. The molecule has 12 nitrogen and oxygen atoms in total. The fraction of sp³-hybridized carbons (Fsp3) is 0.258. The molecule has 1 amide bonds. The summed E-state index contributed by atoms with van der Waals surface area (Å²) in [4.78, 5) is 37.4. The molecule has 4 aromatic heterocycles. The lowest BCUT2D eigenvalue weighted by Crippen LogP contribution is -2.39. The number of rotatable bonds is 10. The summed E-state index contributed by atoms with van der Waals surface area (Å²) in [5.41, 5.74) is 3.18. The molecule has 5 heterocycles. The van der Waals surface area contributed by atoms with E-state index in [2.05, 4.69) is 35.7 Å². The van der Waals surface area contributed by atoms with E-state index >= 15 is 0 Å². The average molecular weight is 578 g/mol. The third kappa shape index (κ3) is 5.40. The number of benzene rings is 1. The van der Waals surface area contributed by atoms with Crippen molar-refractivity contribution in [2.24, 2.45) is 0 Å². The van der Waals surface area contributed by atoms with Crippen LogP contribution < -0.4 is 10.6 Å². The van der Waals surface area contributed by atoms with Crippen LogP contribution in [0, 0.1) is 0 Å². The Kier molecular flexibility index (Phi) is 7.51. The molecule has 0 fully saturated rings. The van der Waals surface area contributed by atoms with Gasteiger partial charge in [-0.25, -0.2) is 15.0 Å². The second-order valence-electron chi connectivity index (χ2n) is 10.6. The van der Waals surface area contributed by atoms with E-state index in [9.17, 15) is 9.90 Å². The lowest BCUT2D eigenvalue weighted by atomic mass is 10.0. The normalized spacial score (nSPS) is 14.4. The molecular weight excluding hydrogens is 546 g/mol. The molecule has 43 heavy (non-hydrogen) atoms. The number of amides is 1. The fourth-order valence-electron chi connectivity index (χ4n) is 5.16. The number of aromatic nitrogens is 6. The number of aliphatic hydroxyl groups excluding tert-OH is 1. The summed E-state index contributed by atoms with van der Waals surface area (Å²) in [6.45, 7) is 6.48. The molecular formula is C31H31N9O3. The maximum atomic E-state index is 13.0. The first-order valence-electron chi connectivity index (χ1n) is 14.0. The van der Waals surface area contributed by atoms with Crippen molar-refractivity contribution in [3.8, 4) is 23.0 Å². The molecule has 0 bridgehead atoms. The van der Waals surface area contributed by atoms with Gasteiger partial charge in [-0.15, -0.1) is 0 Å². The topological polar surface area (TPSA) is 155 Å². The number of carbonyl (C=O) groups is 1. The van der Waals surface area contributed by atoms with Crippen LogP contribution in [-0.2, 0) is 5.54 Å². The van der Waals surface area contributed by atoms with Crippen LogP contribution in [-0.4, -0.2) is 59.1 Å². The second-order valence-corrected chi connectivity index (χ2v) is 10.6. The summed E-state index contributed by atoms with van der Waals surface area (Å²) in [6.07, 6.45) is 5.66. The fourth-order valence-corrected chi connectivity index (χ4v) is 5.16. The van der Waals surface area contributed by atoms with E-state index in [-0.39, 0.29) is 18.4 Å². The minimum Gasteiger partial charge on any atom is -0.394 e. The highest BCUT2D eigenvalue weighted by Gasteiger charge is 2.44. The molecule has 0 saturated heterocycles. The van der Waals surface area contributed by atoms with Gasteiger partial charge in [-0.1, -0.05) is 48.5 Å². The Bertz CT molecular complexity index is 1740. The zero-order valence-electron chi connectivity index (χ0n) is 24.0. The number of nitrogens with zero attached hydrogens (tertiary/aromatic N) is 7. The van der Waals surface area contributed by atoms with Gasteiger partial charge < -0.3 is 25.2 Å². The molecule has 1 atom stereocenters. The number of hydrogen-bond donors (Lipinski definition) is 3. The molecule has 1 aliphatic rings. The van der Waals surface area contributed by atoms with Crippen LogP contribution in [0.1, 0.15) is 54.8 Å². The molecule has 1 aromatic carbocycles. The molecule has 12 heteroatoms. The number of anilines is 3. The predicted octanol–water partition coefficient (Wildman–Crippen LogP) is 4.97. The Labute approximate surface area is 248 Å². The summed E-state index contributed by atoms with van der Waals surface area (Å²) in [5, 5.41) is 21.0. The van der Waals surface area contributed by atoms with E-state index in [1.165, 1.54) is 0 Å². The maximum absolute atomic E-state index is 13.0. The number of fused-ring (bicyclic) bond motifs is 1. The molecule has 218 valence electrons. The molecule has 6 rings (SSSR count). The van der Waals surface area contributed by atoms with Gasteiger partial charge >= 0.3 is 0 Å². The van der Waals surface area contributed by atoms with Crippen molar-refractivity contribution in [2.45, 2.75) is 38.8 Å². The SMILES string of the molecule is CCCN1C(=O)c2cnc(Nc3cc(N[C@H](CO)c4ccccc4)c(-c4nc(-c5ccccn5)no4)cn3)nc2C1(C)C. The van der Waals surface area contributed by atoms with Gasteiger partial charge in [-0.2, -0.15) is 4.98 Å². The molecule has 0 unspecified atom stereocenters. The number of aliphatic hydroxyl groups is 1. The minimum atomic E-state index is -0.570. The summed E-state index contributed by atoms with van der Waals surface area (Å²) < 4.78 is 5.61. The molecule has 0 radical (unpaired) electrons. The third-order valence-corrected chi connectivity index (χ3v) is 7.37. The highest BCUT2D eigenvalue weighted by Crippen LogP contribution is 2.38. The number of nitrogens with one attached hydrogen (secondary N) is 2. The van der Waals surface area contributed by atoms with Crippen molar-refractivity contribution in [1.82, 2.24) is 35.0 Å². The predicted molar refractivity (Wildman–Crippen MR) is 160 cm³/mol. The maximum Gasteiger partial charge on any atom is 0.261 e. The van der Waals surface area contributed by atoms with Crippen LogP contribution in [0.3, 0.4) is 0 Å².